The summed E-state index contributed by atoms with van der Waals surface area (Å²) in [4.78, 5) is 10.7. The van der Waals surface area contributed by atoms with Crippen LogP contribution in [-0.2, 0) is 15.7 Å². The first-order valence-electron chi connectivity index (χ1n) is 5.58. The van der Waals surface area contributed by atoms with Gasteiger partial charge in [0.05, 0.1) is 23.5 Å². The zero-order valence-corrected chi connectivity index (χ0v) is 10.5. The van der Waals surface area contributed by atoms with E-state index >= 15 is 0 Å². The van der Waals surface area contributed by atoms with E-state index in [9.17, 15) is 18.0 Å². The SMILES string of the molecule is CC(=O)O[C@H](C)CNc1ccc(C(F)(F)F)cc1N. The molecule has 0 bridgehead atoms. The normalized spacial score (nSPS) is 12.9. The lowest BCUT2D eigenvalue weighted by atomic mass is 10.1. The molecule has 0 aromatic heterocycles. The lowest BCUT2D eigenvalue weighted by molar-refractivity contribution is -0.144. The second-order valence-electron chi connectivity index (χ2n) is 4.10. The molecule has 19 heavy (non-hydrogen) atoms. The van der Waals surface area contributed by atoms with Crippen molar-refractivity contribution in [1.29, 1.82) is 0 Å². The summed E-state index contributed by atoms with van der Waals surface area (Å²) < 4.78 is 42.1. The first-order valence-corrected chi connectivity index (χ1v) is 5.58. The summed E-state index contributed by atoms with van der Waals surface area (Å²) in [7, 11) is 0. The summed E-state index contributed by atoms with van der Waals surface area (Å²) in [6, 6.07) is 3.05. The van der Waals surface area contributed by atoms with Gasteiger partial charge in [-0.05, 0) is 25.1 Å². The summed E-state index contributed by atoms with van der Waals surface area (Å²) in [5, 5.41) is 2.83. The topological polar surface area (TPSA) is 64.3 Å². The smallest absolute Gasteiger partial charge is 0.416 e. The highest BCUT2D eigenvalue weighted by Crippen LogP contribution is 2.32. The van der Waals surface area contributed by atoms with Crippen molar-refractivity contribution in [2.45, 2.75) is 26.1 Å². The number of nitrogens with two attached hydrogens (primary N) is 1. The van der Waals surface area contributed by atoms with Gasteiger partial charge < -0.3 is 15.8 Å². The molecule has 0 amide bonds. The number of nitrogens with one attached hydrogen (secondary N) is 1. The molecule has 0 aliphatic carbocycles. The van der Waals surface area contributed by atoms with Crippen LogP contribution >= 0.6 is 0 Å². The van der Waals surface area contributed by atoms with Gasteiger partial charge in [0, 0.05) is 6.92 Å². The Morgan fingerprint density at radius 1 is 1.47 bits per heavy atom. The Bertz CT molecular complexity index is 461. The summed E-state index contributed by atoms with van der Waals surface area (Å²) >= 11 is 0. The van der Waals surface area contributed by atoms with Crippen molar-refractivity contribution in [2.24, 2.45) is 0 Å². The predicted molar refractivity (Wildman–Crippen MR) is 65.6 cm³/mol. The molecule has 0 radical (unpaired) electrons. The number of anilines is 2. The van der Waals surface area contributed by atoms with Crippen LogP contribution in [0.2, 0.25) is 0 Å². The van der Waals surface area contributed by atoms with Gasteiger partial charge in [0.15, 0.2) is 0 Å². The quantitative estimate of drug-likeness (QED) is 0.655. The average Bonchev–Trinajstić information content (AvgIpc) is 2.25. The molecule has 106 valence electrons. The van der Waals surface area contributed by atoms with Gasteiger partial charge in [-0.3, -0.25) is 4.79 Å². The second kappa shape index (κ2) is 5.81. The zero-order valence-electron chi connectivity index (χ0n) is 10.5. The van der Waals surface area contributed by atoms with Gasteiger partial charge >= 0.3 is 12.1 Å². The van der Waals surface area contributed by atoms with Crippen LogP contribution in [0.1, 0.15) is 19.4 Å². The number of alkyl halides is 3. The summed E-state index contributed by atoms with van der Waals surface area (Å²) in [5.74, 6) is -0.422. The fourth-order valence-corrected chi connectivity index (χ4v) is 1.48. The van der Waals surface area contributed by atoms with E-state index < -0.39 is 23.8 Å². The highest BCUT2D eigenvalue weighted by atomic mass is 19.4. The maximum absolute atomic E-state index is 12.4. The van der Waals surface area contributed by atoms with Crippen LogP contribution in [0.3, 0.4) is 0 Å². The van der Waals surface area contributed by atoms with Crippen molar-refractivity contribution in [2.75, 3.05) is 17.6 Å². The molecule has 4 nitrogen and oxygen atoms in total. The number of nitrogen functional groups attached to an aromatic ring is 1. The minimum Gasteiger partial charge on any atom is -0.461 e. The Labute approximate surface area is 108 Å². The van der Waals surface area contributed by atoms with E-state index in [1.54, 1.807) is 6.92 Å². The number of carbonyl (C=O) groups excluding carboxylic acids is 1. The van der Waals surface area contributed by atoms with Crippen molar-refractivity contribution >= 4 is 17.3 Å². The first-order chi connectivity index (χ1) is 8.70. The van der Waals surface area contributed by atoms with Crippen LogP contribution in [0.15, 0.2) is 18.2 Å². The van der Waals surface area contributed by atoms with E-state index in [0.29, 0.717) is 5.69 Å². The second-order valence-corrected chi connectivity index (χ2v) is 4.10. The fourth-order valence-electron chi connectivity index (χ4n) is 1.48. The van der Waals surface area contributed by atoms with E-state index in [-0.39, 0.29) is 12.2 Å². The fraction of sp³-hybridized carbons (Fsp3) is 0.417. The molecule has 1 rings (SSSR count). The van der Waals surface area contributed by atoms with Crippen molar-refractivity contribution in [3.05, 3.63) is 23.8 Å². The Balaban J connectivity index is 2.68. The van der Waals surface area contributed by atoms with Gasteiger partial charge in [-0.1, -0.05) is 0 Å². The van der Waals surface area contributed by atoms with E-state index in [1.807, 2.05) is 0 Å². The largest absolute Gasteiger partial charge is 0.461 e. The van der Waals surface area contributed by atoms with Crippen molar-refractivity contribution < 1.29 is 22.7 Å². The summed E-state index contributed by atoms with van der Waals surface area (Å²) in [5.41, 5.74) is 5.09. The van der Waals surface area contributed by atoms with Gasteiger partial charge in [-0.2, -0.15) is 13.2 Å². The van der Waals surface area contributed by atoms with Gasteiger partial charge in [0.25, 0.3) is 0 Å². The molecule has 0 saturated carbocycles. The number of halogens is 3. The molecule has 0 fully saturated rings. The third-order valence-corrected chi connectivity index (χ3v) is 2.33. The predicted octanol–water partition coefficient (Wildman–Crippen LogP) is 2.65. The van der Waals surface area contributed by atoms with Crippen molar-refractivity contribution in [3.8, 4) is 0 Å². The van der Waals surface area contributed by atoms with Gasteiger partial charge in [0.2, 0.25) is 0 Å². The Morgan fingerprint density at radius 2 is 2.11 bits per heavy atom. The highest BCUT2D eigenvalue weighted by Gasteiger charge is 2.30. The van der Waals surface area contributed by atoms with E-state index in [4.69, 9.17) is 10.5 Å². The van der Waals surface area contributed by atoms with Gasteiger partial charge in [-0.25, -0.2) is 0 Å². The number of rotatable bonds is 4. The highest BCUT2D eigenvalue weighted by molar-refractivity contribution is 5.68. The molecule has 7 heteroatoms. The Hall–Kier alpha value is -1.92. The third kappa shape index (κ3) is 4.69. The number of carbonyl (C=O) groups is 1. The van der Waals surface area contributed by atoms with Crippen LogP contribution < -0.4 is 11.1 Å². The van der Waals surface area contributed by atoms with Crippen LogP contribution in [0, 0.1) is 0 Å². The molecule has 0 aliphatic heterocycles. The molecule has 0 unspecified atom stereocenters. The lowest BCUT2D eigenvalue weighted by Crippen LogP contribution is -2.22. The first kappa shape index (κ1) is 15.1. The Kier molecular flexibility index (Phi) is 4.63. The molecular formula is C12H15F3N2O2. The molecule has 3 N–H and O–H groups in total. The molecule has 1 aromatic carbocycles. The minimum absolute atomic E-state index is 0.00940. The minimum atomic E-state index is -4.42. The monoisotopic (exact) mass is 276 g/mol. The average molecular weight is 276 g/mol. The van der Waals surface area contributed by atoms with Gasteiger partial charge in [0.1, 0.15) is 6.10 Å². The van der Waals surface area contributed by atoms with Crippen molar-refractivity contribution in [1.82, 2.24) is 0 Å². The number of hydrogen-bond acceptors (Lipinski definition) is 4. The van der Waals surface area contributed by atoms with E-state index in [0.717, 1.165) is 12.1 Å². The molecule has 0 saturated heterocycles. The van der Waals surface area contributed by atoms with Crippen molar-refractivity contribution in [3.63, 3.8) is 0 Å². The molecular weight excluding hydrogens is 261 g/mol. The van der Waals surface area contributed by atoms with Crippen LogP contribution in [-0.4, -0.2) is 18.6 Å². The summed E-state index contributed by atoms with van der Waals surface area (Å²) in [6.07, 6.45) is -4.82. The molecule has 0 aliphatic rings. The number of benzene rings is 1. The number of ether oxygens (including phenoxy) is 1. The Morgan fingerprint density at radius 3 is 2.58 bits per heavy atom. The van der Waals surface area contributed by atoms with E-state index in [2.05, 4.69) is 5.32 Å². The maximum Gasteiger partial charge on any atom is 0.416 e. The van der Waals surface area contributed by atoms with Gasteiger partial charge in [-0.15, -0.1) is 0 Å². The lowest BCUT2D eigenvalue weighted by Gasteiger charge is -2.16. The molecule has 1 aromatic rings. The van der Waals surface area contributed by atoms with E-state index in [1.165, 1.54) is 13.0 Å². The molecule has 0 spiro atoms. The summed E-state index contributed by atoms with van der Waals surface area (Å²) in [6.45, 7) is 3.20. The van der Waals surface area contributed by atoms with Crippen LogP contribution in [0.4, 0.5) is 24.5 Å². The number of hydrogen-bond donors (Lipinski definition) is 2. The maximum atomic E-state index is 12.4. The molecule has 0 heterocycles. The number of esters is 1. The third-order valence-electron chi connectivity index (χ3n) is 2.33. The van der Waals surface area contributed by atoms with Crippen LogP contribution in [0.25, 0.3) is 0 Å². The standard InChI is InChI=1S/C12H15F3N2O2/c1-7(19-8(2)18)6-17-11-4-3-9(5-10(11)16)12(13,14)15/h3-5,7,17H,6,16H2,1-2H3/t7-/m1/s1. The molecule has 1 atom stereocenters. The zero-order chi connectivity index (χ0) is 14.6. The van der Waals surface area contributed by atoms with Crippen LogP contribution in [0.5, 0.6) is 0 Å².